The lowest BCUT2D eigenvalue weighted by molar-refractivity contribution is 0.102. The number of aromatic nitrogens is 2. The zero-order valence-corrected chi connectivity index (χ0v) is 16.5. The van der Waals surface area contributed by atoms with Gasteiger partial charge in [0.1, 0.15) is 5.69 Å². The van der Waals surface area contributed by atoms with Crippen LogP contribution in [0, 0.1) is 0 Å². The lowest BCUT2D eigenvalue weighted by Crippen LogP contribution is -2.12. The largest absolute Gasteiger partial charge is 0.322 e. The third-order valence-electron chi connectivity index (χ3n) is 4.86. The molecule has 4 heteroatoms. The second-order valence-electron chi connectivity index (χ2n) is 7.27. The molecule has 0 fully saturated rings. The number of carbonyl (C=O) groups is 1. The minimum Gasteiger partial charge on any atom is -0.322 e. The molecule has 29 heavy (non-hydrogen) atoms. The number of hydrogen-bond acceptors (Lipinski definition) is 2. The van der Waals surface area contributed by atoms with Gasteiger partial charge in [0.15, 0.2) is 0 Å². The van der Waals surface area contributed by atoms with Gasteiger partial charge in [-0.3, -0.25) is 4.79 Å². The monoisotopic (exact) mass is 381 g/mol. The van der Waals surface area contributed by atoms with Crippen molar-refractivity contribution in [2.75, 3.05) is 5.32 Å². The van der Waals surface area contributed by atoms with Crippen LogP contribution in [-0.4, -0.2) is 15.7 Å². The van der Waals surface area contributed by atoms with Crippen molar-refractivity contribution in [3.63, 3.8) is 0 Å². The fourth-order valence-corrected chi connectivity index (χ4v) is 3.21. The van der Waals surface area contributed by atoms with E-state index in [1.54, 1.807) is 10.9 Å². The highest BCUT2D eigenvalue weighted by Gasteiger charge is 2.19. The molecule has 0 radical (unpaired) electrons. The van der Waals surface area contributed by atoms with Crippen molar-refractivity contribution in [3.8, 4) is 16.9 Å². The minimum atomic E-state index is -0.177. The number of nitrogens with one attached hydrogen (secondary N) is 1. The zero-order chi connectivity index (χ0) is 20.2. The second-order valence-corrected chi connectivity index (χ2v) is 7.27. The van der Waals surface area contributed by atoms with Crippen LogP contribution in [-0.2, 0) is 0 Å². The van der Waals surface area contributed by atoms with Gasteiger partial charge in [-0.15, -0.1) is 0 Å². The van der Waals surface area contributed by atoms with Crippen LogP contribution < -0.4 is 5.32 Å². The molecule has 144 valence electrons. The van der Waals surface area contributed by atoms with Crippen LogP contribution in [0.2, 0.25) is 0 Å². The predicted octanol–water partition coefficient (Wildman–Crippen LogP) is 5.92. The minimum absolute atomic E-state index is 0.177. The smallest absolute Gasteiger partial charge is 0.259 e. The molecule has 4 aromatic rings. The summed E-state index contributed by atoms with van der Waals surface area (Å²) >= 11 is 0. The normalized spacial score (nSPS) is 10.9. The molecule has 0 bridgehead atoms. The van der Waals surface area contributed by atoms with E-state index in [9.17, 15) is 4.79 Å². The number of hydrogen-bond donors (Lipinski definition) is 1. The predicted molar refractivity (Wildman–Crippen MR) is 117 cm³/mol. The number of carbonyl (C=O) groups excluding carboxylic acids is 1. The van der Waals surface area contributed by atoms with Gasteiger partial charge in [-0.2, -0.15) is 5.10 Å². The molecule has 1 heterocycles. The average Bonchev–Trinajstić information content (AvgIpc) is 3.21. The second kappa shape index (κ2) is 8.15. The molecule has 3 aromatic carbocycles. The van der Waals surface area contributed by atoms with Gasteiger partial charge in [0.05, 0.1) is 11.3 Å². The molecule has 1 N–H and O–H groups in total. The van der Waals surface area contributed by atoms with E-state index in [-0.39, 0.29) is 5.91 Å². The Labute approximate surface area is 170 Å². The summed E-state index contributed by atoms with van der Waals surface area (Å²) < 4.78 is 1.75. The standard InChI is InChI=1S/C25H23N3O/c1-18(2)19-13-15-21(16-14-19)26-25(29)23-17-28(22-11-7-4-8-12-22)27-24(23)20-9-5-3-6-10-20/h3-18H,1-2H3,(H,26,29). The molecule has 1 amide bonds. The Kier molecular flexibility index (Phi) is 5.25. The fourth-order valence-electron chi connectivity index (χ4n) is 3.21. The van der Waals surface area contributed by atoms with E-state index in [0.29, 0.717) is 17.2 Å². The van der Waals surface area contributed by atoms with Crippen LogP contribution in [0.1, 0.15) is 35.7 Å². The molecule has 0 saturated carbocycles. The van der Waals surface area contributed by atoms with Crippen molar-refractivity contribution in [1.82, 2.24) is 9.78 Å². The quantitative estimate of drug-likeness (QED) is 0.467. The number of para-hydroxylation sites is 1. The fraction of sp³-hybridized carbons (Fsp3) is 0.120. The Balaban J connectivity index is 1.69. The summed E-state index contributed by atoms with van der Waals surface area (Å²) in [5.41, 5.74) is 5.02. The maximum atomic E-state index is 13.1. The summed E-state index contributed by atoms with van der Waals surface area (Å²) in [6.45, 7) is 4.30. The van der Waals surface area contributed by atoms with Gasteiger partial charge in [0, 0.05) is 17.4 Å². The molecule has 4 nitrogen and oxygen atoms in total. The van der Waals surface area contributed by atoms with Crippen LogP contribution in [0.3, 0.4) is 0 Å². The van der Waals surface area contributed by atoms with E-state index in [2.05, 4.69) is 19.2 Å². The van der Waals surface area contributed by atoms with Crippen molar-refractivity contribution in [3.05, 3.63) is 102 Å². The number of nitrogens with zero attached hydrogens (tertiary/aromatic N) is 2. The van der Waals surface area contributed by atoms with E-state index in [0.717, 1.165) is 16.9 Å². The molecule has 1 aromatic heterocycles. The highest BCUT2D eigenvalue weighted by molar-refractivity contribution is 6.08. The van der Waals surface area contributed by atoms with E-state index in [1.165, 1.54) is 5.56 Å². The van der Waals surface area contributed by atoms with Gasteiger partial charge in [-0.25, -0.2) is 4.68 Å². The van der Waals surface area contributed by atoms with Crippen LogP contribution in [0.4, 0.5) is 5.69 Å². The lowest BCUT2D eigenvalue weighted by Gasteiger charge is -2.08. The van der Waals surface area contributed by atoms with Crippen molar-refractivity contribution in [2.45, 2.75) is 19.8 Å². The van der Waals surface area contributed by atoms with Gasteiger partial charge in [-0.05, 0) is 35.7 Å². The van der Waals surface area contributed by atoms with Gasteiger partial charge in [0.2, 0.25) is 0 Å². The van der Waals surface area contributed by atoms with Crippen LogP contribution >= 0.6 is 0 Å². The average molecular weight is 381 g/mol. The molecule has 0 aliphatic heterocycles. The maximum absolute atomic E-state index is 13.1. The molecular formula is C25H23N3O. The Morgan fingerprint density at radius 1 is 0.862 bits per heavy atom. The molecule has 0 atom stereocenters. The van der Waals surface area contributed by atoms with Gasteiger partial charge < -0.3 is 5.32 Å². The number of rotatable bonds is 5. The third kappa shape index (κ3) is 4.11. The molecule has 4 rings (SSSR count). The molecule has 0 unspecified atom stereocenters. The first-order valence-corrected chi connectivity index (χ1v) is 9.73. The summed E-state index contributed by atoms with van der Waals surface area (Å²) in [5.74, 6) is 0.275. The first-order chi connectivity index (χ1) is 14.1. The van der Waals surface area contributed by atoms with Crippen molar-refractivity contribution >= 4 is 11.6 Å². The van der Waals surface area contributed by atoms with Gasteiger partial charge in [0.25, 0.3) is 5.91 Å². The number of benzene rings is 3. The maximum Gasteiger partial charge on any atom is 0.259 e. The van der Waals surface area contributed by atoms with E-state index in [4.69, 9.17) is 5.10 Å². The number of amides is 1. The highest BCUT2D eigenvalue weighted by atomic mass is 16.1. The third-order valence-corrected chi connectivity index (χ3v) is 4.86. The Morgan fingerprint density at radius 2 is 1.48 bits per heavy atom. The molecular weight excluding hydrogens is 358 g/mol. The summed E-state index contributed by atoms with van der Waals surface area (Å²) in [6, 6.07) is 27.6. The van der Waals surface area contributed by atoms with Crippen molar-refractivity contribution in [1.29, 1.82) is 0 Å². The van der Waals surface area contributed by atoms with Crippen molar-refractivity contribution < 1.29 is 4.79 Å². The SMILES string of the molecule is CC(C)c1ccc(NC(=O)c2cn(-c3ccccc3)nc2-c2ccccc2)cc1. The van der Waals surface area contributed by atoms with Gasteiger partial charge in [-0.1, -0.05) is 74.5 Å². The number of anilines is 1. The molecule has 0 aliphatic rings. The summed E-state index contributed by atoms with van der Waals surface area (Å²) in [5, 5.41) is 7.71. The zero-order valence-electron chi connectivity index (χ0n) is 16.5. The first-order valence-electron chi connectivity index (χ1n) is 9.73. The van der Waals surface area contributed by atoms with Crippen molar-refractivity contribution in [2.24, 2.45) is 0 Å². The Hall–Kier alpha value is -3.66. The summed E-state index contributed by atoms with van der Waals surface area (Å²) in [4.78, 5) is 13.1. The first kappa shape index (κ1) is 18.7. The molecule has 0 aliphatic carbocycles. The van der Waals surface area contributed by atoms with E-state index >= 15 is 0 Å². The van der Waals surface area contributed by atoms with E-state index < -0.39 is 0 Å². The van der Waals surface area contributed by atoms with Crippen LogP contribution in [0.5, 0.6) is 0 Å². The van der Waals surface area contributed by atoms with Gasteiger partial charge >= 0.3 is 0 Å². The summed E-state index contributed by atoms with van der Waals surface area (Å²) in [7, 11) is 0. The van der Waals surface area contributed by atoms with Crippen LogP contribution in [0.15, 0.2) is 91.1 Å². The Morgan fingerprint density at radius 3 is 2.10 bits per heavy atom. The topological polar surface area (TPSA) is 46.9 Å². The molecule has 0 saturated heterocycles. The summed E-state index contributed by atoms with van der Waals surface area (Å²) in [6.07, 6.45) is 1.79. The lowest BCUT2D eigenvalue weighted by atomic mass is 10.0. The highest BCUT2D eigenvalue weighted by Crippen LogP contribution is 2.25. The molecule has 0 spiro atoms. The van der Waals surface area contributed by atoms with E-state index in [1.807, 2.05) is 84.9 Å². The van der Waals surface area contributed by atoms with Crippen LogP contribution in [0.25, 0.3) is 16.9 Å². The Bertz CT molecular complexity index is 1100.